The van der Waals surface area contributed by atoms with E-state index in [2.05, 4.69) is 29.6 Å². The second-order valence-electron chi connectivity index (χ2n) is 7.08. The number of carbonyl (C=O) groups is 2. The van der Waals surface area contributed by atoms with Crippen LogP contribution in [0.25, 0.3) is 0 Å². The molecule has 23 heavy (non-hydrogen) atoms. The highest BCUT2D eigenvalue weighted by Crippen LogP contribution is 2.43. The zero-order valence-corrected chi connectivity index (χ0v) is 13.4. The first-order valence-electron chi connectivity index (χ1n) is 8.46. The molecule has 1 aromatic carbocycles. The van der Waals surface area contributed by atoms with Crippen LogP contribution in [-0.2, 0) is 22.7 Å². The predicted octanol–water partition coefficient (Wildman–Crippen LogP) is 2.25. The van der Waals surface area contributed by atoms with Crippen LogP contribution >= 0.6 is 0 Å². The normalized spacial score (nSPS) is 28.7. The van der Waals surface area contributed by atoms with Crippen LogP contribution in [0.4, 0.5) is 0 Å². The Labute approximate surface area is 136 Å². The Morgan fingerprint density at radius 1 is 1.13 bits per heavy atom. The number of hydrogen-bond acceptors (Lipinski definition) is 2. The largest absolute Gasteiger partial charge is 0.344 e. The zero-order valence-electron chi connectivity index (χ0n) is 13.4. The smallest absolute Gasteiger partial charge is 0.245 e. The van der Waals surface area contributed by atoms with Gasteiger partial charge in [-0.25, -0.2) is 0 Å². The number of nitrogens with zero attached hydrogens (tertiary/aromatic N) is 1. The highest BCUT2D eigenvalue weighted by molar-refractivity contribution is 5.89. The molecule has 0 saturated heterocycles. The average Bonchev–Trinajstić information content (AvgIpc) is 3.27. The molecule has 2 amide bonds. The number of amides is 2. The molecule has 0 spiro atoms. The molecule has 0 unspecified atom stereocenters. The van der Waals surface area contributed by atoms with Crippen LogP contribution in [0.2, 0.25) is 0 Å². The van der Waals surface area contributed by atoms with E-state index >= 15 is 0 Å². The Morgan fingerprint density at radius 3 is 2.39 bits per heavy atom. The van der Waals surface area contributed by atoms with Crippen molar-refractivity contribution >= 4 is 11.8 Å². The molecule has 1 fully saturated rings. The fourth-order valence-electron chi connectivity index (χ4n) is 4.23. The summed E-state index contributed by atoms with van der Waals surface area (Å²) in [7, 11) is 0. The number of rotatable bonds is 3. The molecule has 1 saturated carbocycles. The maximum absolute atomic E-state index is 12.6. The van der Waals surface area contributed by atoms with Crippen LogP contribution in [0, 0.1) is 17.8 Å². The summed E-state index contributed by atoms with van der Waals surface area (Å²) in [5.74, 6) is 1.04. The van der Waals surface area contributed by atoms with Crippen LogP contribution in [-0.4, -0.2) is 22.8 Å². The van der Waals surface area contributed by atoms with Crippen molar-refractivity contribution in [3.05, 3.63) is 47.5 Å². The third-order valence-electron chi connectivity index (χ3n) is 5.50. The monoisotopic (exact) mass is 310 g/mol. The van der Waals surface area contributed by atoms with E-state index in [0.29, 0.717) is 24.9 Å². The van der Waals surface area contributed by atoms with Crippen molar-refractivity contribution in [1.29, 1.82) is 0 Å². The van der Waals surface area contributed by atoms with E-state index in [0.717, 1.165) is 12.8 Å². The Morgan fingerprint density at radius 2 is 1.83 bits per heavy atom. The number of carbonyl (C=O) groups excluding carboxylic acids is 2. The van der Waals surface area contributed by atoms with E-state index in [-0.39, 0.29) is 17.7 Å². The molecule has 4 rings (SSSR count). The second kappa shape index (κ2) is 5.52. The topological polar surface area (TPSA) is 49.4 Å². The van der Waals surface area contributed by atoms with Crippen molar-refractivity contribution in [3.8, 4) is 0 Å². The Bertz CT molecular complexity index is 657. The fraction of sp³-hybridized carbons (Fsp3) is 0.474. The molecule has 1 aromatic rings. The minimum Gasteiger partial charge on any atom is -0.344 e. The lowest BCUT2D eigenvalue weighted by Gasteiger charge is -2.24. The van der Waals surface area contributed by atoms with Gasteiger partial charge in [-0.2, -0.15) is 0 Å². The summed E-state index contributed by atoms with van der Waals surface area (Å²) in [6, 6.07) is 7.67. The number of fused-ring (bicyclic) bond motifs is 3. The minimum atomic E-state index is -0.458. The summed E-state index contributed by atoms with van der Waals surface area (Å²) in [6.45, 7) is 3.09. The molecule has 120 valence electrons. The van der Waals surface area contributed by atoms with E-state index in [9.17, 15) is 9.59 Å². The van der Waals surface area contributed by atoms with E-state index in [4.69, 9.17) is 0 Å². The van der Waals surface area contributed by atoms with Gasteiger partial charge in [-0.3, -0.25) is 9.59 Å². The van der Waals surface area contributed by atoms with Crippen LogP contribution in [0.3, 0.4) is 0 Å². The van der Waals surface area contributed by atoms with Crippen LogP contribution in [0.15, 0.2) is 36.4 Å². The van der Waals surface area contributed by atoms with Gasteiger partial charge in [0.15, 0.2) is 0 Å². The fourth-order valence-corrected chi connectivity index (χ4v) is 4.23. The van der Waals surface area contributed by atoms with Crippen molar-refractivity contribution in [2.45, 2.75) is 38.9 Å². The van der Waals surface area contributed by atoms with Crippen LogP contribution in [0.1, 0.15) is 30.9 Å². The molecular formula is C19H22N2O2. The molecule has 4 nitrogen and oxygen atoms in total. The van der Waals surface area contributed by atoms with Crippen molar-refractivity contribution < 1.29 is 9.59 Å². The summed E-state index contributed by atoms with van der Waals surface area (Å²) in [4.78, 5) is 26.9. The van der Waals surface area contributed by atoms with E-state index in [1.807, 2.05) is 17.0 Å². The third-order valence-corrected chi connectivity index (χ3v) is 5.50. The SMILES string of the molecule is C[C@@H](NC(=O)[C@H]1C[C@H]2C=C[C@H]1C2)C(=O)N1Cc2ccccc2C1. The molecule has 3 aliphatic rings. The van der Waals surface area contributed by atoms with E-state index in [1.54, 1.807) is 6.92 Å². The highest BCUT2D eigenvalue weighted by Gasteiger charge is 2.40. The van der Waals surface area contributed by atoms with Crippen molar-refractivity contribution in [2.75, 3.05) is 0 Å². The molecule has 4 atom stereocenters. The van der Waals surface area contributed by atoms with Gasteiger partial charge < -0.3 is 10.2 Å². The van der Waals surface area contributed by atoms with Gasteiger partial charge in [0.1, 0.15) is 6.04 Å². The lowest BCUT2D eigenvalue weighted by atomic mass is 9.92. The molecule has 2 aliphatic carbocycles. The number of hydrogen-bond donors (Lipinski definition) is 1. The number of nitrogens with one attached hydrogen (secondary N) is 1. The summed E-state index contributed by atoms with van der Waals surface area (Å²) in [6.07, 6.45) is 6.43. The summed E-state index contributed by atoms with van der Waals surface area (Å²) < 4.78 is 0. The van der Waals surface area contributed by atoms with E-state index in [1.165, 1.54) is 11.1 Å². The van der Waals surface area contributed by atoms with Gasteiger partial charge in [0, 0.05) is 19.0 Å². The average molecular weight is 310 g/mol. The Balaban J connectivity index is 1.36. The molecule has 1 aliphatic heterocycles. The quantitative estimate of drug-likeness (QED) is 0.871. The number of allylic oxidation sites excluding steroid dienone is 2. The maximum atomic E-state index is 12.6. The molecular weight excluding hydrogens is 288 g/mol. The predicted molar refractivity (Wildman–Crippen MR) is 87.1 cm³/mol. The second-order valence-corrected chi connectivity index (χ2v) is 7.08. The van der Waals surface area contributed by atoms with Gasteiger partial charge in [-0.1, -0.05) is 36.4 Å². The summed E-state index contributed by atoms with van der Waals surface area (Å²) in [5, 5.41) is 2.95. The third kappa shape index (κ3) is 2.56. The highest BCUT2D eigenvalue weighted by atomic mass is 16.2. The van der Waals surface area contributed by atoms with Crippen LogP contribution < -0.4 is 5.32 Å². The number of benzene rings is 1. The van der Waals surface area contributed by atoms with Crippen molar-refractivity contribution in [3.63, 3.8) is 0 Å². The van der Waals surface area contributed by atoms with Gasteiger partial charge in [0.25, 0.3) is 0 Å². The Kier molecular flexibility index (Phi) is 3.47. The molecule has 0 radical (unpaired) electrons. The molecule has 1 heterocycles. The standard InChI is InChI=1S/C19H22N2O2/c1-12(20-18(22)17-9-13-6-7-14(17)8-13)19(23)21-10-15-4-2-3-5-16(15)11-21/h2-7,12-14,17H,8-11H2,1H3,(H,20,22)/t12-,13+,14+,17+/m1/s1. The maximum Gasteiger partial charge on any atom is 0.245 e. The first-order chi connectivity index (χ1) is 11.1. The summed E-state index contributed by atoms with van der Waals surface area (Å²) in [5.41, 5.74) is 2.41. The van der Waals surface area contributed by atoms with Gasteiger partial charge in [0.05, 0.1) is 0 Å². The summed E-state index contributed by atoms with van der Waals surface area (Å²) >= 11 is 0. The first-order valence-corrected chi connectivity index (χ1v) is 8.46. The molecule has 2 bridgehead atoms. The van der Waals surface area contributed by atoms with E-state index < -0.39 is 6.04 Å². The molecule has 0 aromatic heterocycles. The first kappa shape index (κ1) is 14.5. The zero-order chi connectivity index (χ0) is 16.0. The van der Waals surface area contributed by atoms with Crippen LogP contribution in [0.5, 0.6) is 0 Å². The molecule has 4 heteroatoms. The van der Waals surface area contributed by atoms with Gasteiger partial charge >= 0.3 is 0 Å². The van der Waals surface area contributed by atoms with Gasteiger partial charge in [-0.05, 0) is 42.7 Å². The van der Waals surface area contributed by atoms with Gasteiger partial charge in [0.2, 0.25) is 11.8 Å². The Hall–Kier alpha value is -2.10. The lowest BCUT2D eigenvalue weighted by molar-refractivity contribution is -0.137. The van der Waals surface area contributed by atoms with Crippen molar-refractivity contribution in [1.82, 2.24) is 10.2 Å². The minimum absolute atomic E-state index is 0.00764. The molecule has 1 N–H and O–H groups in total. The van der Waals surface area contributed by atoms with Crippen molar-refractivity contribution in [2.24, 2.45) is 17.8 Å². The van der Waals surface area contributed by atoms with Gasteiger partial charge in [-0.15, -0.1) is 0 Å². The lowest BCUT2D eigenvalue weighted by Crippen LogP contribution is -2.47.